The number of rotatable bonds is 9. The molecule has 14 heteroatoms. The molecule has 0 bridgehead atoms. The molecule has 2 heterocycles. The molecule has 36 heavy (non-hydrogen) atoms. The van der Waals surface area contributed by atoms with Gasteiger partial charge in [-0.3, -0.25) is 9.59 Å². The third-order valence-electron chi connectivity index (χ3n) is 4.72. The second-order valence-electron chi connectivity index (χ2n) is 7.52. The van der Waals surface area contributed by atoms with Crippen LogP contribution in [0.1, 0.15) is 35.8 Å². The zero-order valence-corrected chi connectivity index (χ0v) is 19.7. The fourth-order valence-electron chi connectivity index (χ4n) is 3.03. The highest BCUT2D eigenvalue weighted by Gasteiger charge is 2.21. The Bertz CT molecular complexity index is 1220. The average molecular weight is 501 g/mol. The predicted octanol–water partition coefficient (Wildman–Crippen LogP) is 0.267. The van der Waals surface area contributed by atoms with Crippen molar-refractivity contribution in [1.82, 2.24) is 25.3 Å². The smallest absolute Gasteiger partial charge is 0.326 e. The molecule has 0 radical (unpaired) electrons. The van der Waals surface area contributed by atoms with Gasteiger partial charge in [-0.1, -0.05) is 0 Å². The molecule has 14 nitrogen and oxygen atoms in total. The third-order valence-corrected chi connectivity index (χ3v) is 4.72. The second kappa shape index (κ2) is 12.8. The number of aromatic nitrogens is 4. The number of nitrogens with zero attached hydrogens (tertiary/aromatic N) is 5. The Morgan fingerprint density at radius 3 is 2.31 bits per heavy atom. The molecule has 0 aliphatic heterocycles. The molecule has 1 amide bonds. The number of aliphatic carboxylic acids is 2. The Balaban J connectivity index is 0.00000145. The molecule has 8 N–H and O–H groups in total. The van der Waals surface area contributed by atoms with E-state index in [4.69, 9.17) is 21.7 Å². The van der Waals surface area contributed by atoms with Crippen molar-refractivity contribution in [2.24, 2.45) is 0 Å². The molecule has 0 aliphatic carbocycles. The lowest BCUT2D eigenvalue weighted by atomic mass is 10.1. The first-order valence-electron chi connectivity index (χ1n) is 10.8. The number of carbonyl (C=O) groups excluding carboxylic acids is 1. The van der Waals surface area contributed by atoms with Gasteiger partial charge >= 0.3 is 11.9 Å². The van der Waals surface area contributed by atoms with Gasteiger partial charge in [-0.25, -0.2) is 14.8 Å². The summed E-state index contributed by atoms with van der Waals surface area (Å²) in [6.07, 6.45) is 0.964. The summed E-state index contributed by atoms with van der Waals surface area (Å²) in [5.74, 6) is -2.91. The molecule has 3 rings (SSSR count). The number of nitrogen functional groups attached to an aromatic ring is 2. The number of aliphatic hydroxyl groups is 1. The number of carboxylic acid groups (broad SMARTS) is 2. The van der Waals surface area contributed by atoms with Crippen LogP contribution in [0.3, 0.4) is 0 Å². The van der Waals surface area contributed by atoms with Crippen LogP contribution in [0, 0.1) is 0 Å². The summed E-state index contributed by atoms with van der Waals surface area (Å²) in [7, 11) is 1.82. The van der Waals surface area contributed by atoms with Gasteiger partial charge in [0.2, 0.25) is 5.95 Å². The molecule has 0 unspecified atom stereocenters. The van der Waals surface area contributed by atoms with Crippen LogP contribution in [0.4, 0.5) is 17.5 Å². The number of benzene rings is 1. The van der Waals surface area contributed by atoms with Crippen LogP contribution in [-0.2, 0) is 16.1 Å². The molecule has 0 aliphatic rings. The van der Waals surface area contributed by atoms with Crippen molar-refractivity contribution in [3.63, 3.8) is 0 Å². The highest BCUT2D eigenvalue weighted by molar-refractivity contribution is 5.97. The number of carbonyl (C=O) groups is 3. The lowest BCUT2D eigenvalue weighted by molar-refractivity contribution is -0.140. The standard InChI is InChI=1S/C20H22N8O5.C2H6O/c1-28(9-11-8-23-17-15(24-11)16(21)26-20(22)27-17)12-4-2-10(3-5-12)18(31)25-13(19(32)33)6-7-14(29)30;1-2-3/h2-5,8,13H,6-7,9H2,1H3,(H,25,31)(H,29,30)(H,32,33)(H4,21,22,23,26,27);3H,2H2,1H3/t13-;/m0./s1. The lowest BCUT2D eigenvalue weighted by Gasteiger charge is -2.19. The molecule has 2 aromatic heterocycles. The molecule has 1 atom stereocenters. The van der Waals surface area contributed by atoms with E-state index >= 15 is 0 Å². The van der Waals surface area contributed by atoms with Crippen molar-refractivity contribution in [3.05, 3.63) is 41.7 Å². The highest BCUT2D eigenvalue weighted by atomic mass is 16.4. The van der Waals surface area contributed by atoms with E-state index in [2.05, 4.69) is 25.3 Å². The minimum atomic E-state index is -1.30. The van der Waals surface area contributed by atoms with E-state index in [0.717, 1.165) is 5.69 Å². The van der Waals surface area contributed by atoms with Crippen LogP contribution in [0.15, 0.2) is 30.5 Å². The normalized spacial score (nSPS) is 11.2. The van der Waals surface area contributed by atoms with Crippen LogP contribution >= 0.6 is 0 Å². The van der Waals surface area contributed by atoms with Crippen molar-refractivity contribution in [2.75, 3.05) is 30.0 Å². The number of nitrogens with one attached hydrogen (secondary N) is 1. The minimum Gasteiger partial charge on any atom is -0.481 e. The van der Waals surface area contributed by atoms with Gasteiger partial charge < -0.3 is 37.0 Å². The third kappa shape index (κ3) is 7.73. The summed E-state index contributed by atoms with van der Waals surface area (Å²) in [6, 6.07) is 5.16. The van der Waals surface area contributed by atoms with Crippen LogP contribution in [0.2, 0.25) is 0 Å². The Hall–Kier alpha value is -4.59. The largest absolute Gasteiger partial charge is 0.481 e. The molecular formula is C22H28N8O6. The molecular weight excluding hydrogens is 472 g/mol. The summed E-state index contributed by atoms with van der Waals surface area (Å²) >= 11 is 0. The van der Waals surface area contributed by atoms with Crippen molar-refractivity contribution >= 4 is 46.5 Å². The summed E-state index contributed by atoms with van der Waals surface area (Å²) < 4.78 is 0. The maximum Gasteiger partial charge on any atom is 0.326 e. The van der Waals surface area contributed by atoms with E-state index in [1.165, 1.54) is 12.1 Å². The van der Waals surface area contributed by atoms with Gasteiger partial charge in [-0.15, -0.1) is 0 Å². The van der Waals surface area contributed by atoms with Crippen molar-refractivity contribution in [1.29, 1.82) is 0 Å². The van der Waals surface area contributed by atoms with Crippen LogP contribution < -0.4 is 21.7 Å². The number of aliphatic hydroxyl groups excluding tert-OH is 1. The van der Waals surface area contributed by atoms with Crippen LogP contribution in [0.25, 0.3) is 11.2 Å². The van der Waals surface area contributed by atoms with Gasteiger partial charge in [0.05, 0.1) is 18.4 Å². The highest BCUT2D eigenvalue weighted by Crippen LogP contribution is 2.19. The van der Waals surface area contributed by atoms with Crippen LogP contribution in [0.5, 0.6) is 0 Å². The number of hydrogen-bond donors (Lipinski definition) is 6. The fraction of sp³-hybridized carbons (Fsp3) is 0.318. The summed E-state index contributed by atoms with van der Waals surface area (Å²) in [5.41, 5.74) is 13.7. The Morgan fingerprint density at radius 2 is 1.72 bits per heavy atom. The molecule has 1 aromatic carbocycles. The maximum atomic E-state index is 12.4. The van der Waals surface area contributed by atoms with Gasteiger partial charge in [-0.2, -0.15) is 9.97 Å². The molecule has 0 spiro atoms. The molecule has 0 fully saturated rings. The number of carboxylic acids is 2. The van der Waals surface area contributed by atoms with Crippen molar-refractivity contribution in [3.8, 4) is 0 Å². The van der Waals surface area contributed by atoms with E-state index in [1.54, 1.807) is 25.3 Å². The molecule has 0 saturated carbocycles. The van der Waals surface area contributed by atoms with E-state index in [1.807, 2.05) is 11.9 Å². The number of hydrogen-bond acceptors (Lipinski definition) is 11. The zero-order chi connectivity index (χ0) is 26.8. The fourth-order valence-corrected chi connectivity index (χ4v) is 3.03. The summed E-state index contributed by atoms with van der Waals surface area (Å²) in [5, 5.41) is 27.8. The predicted molar refractivity (Wildman–Crippen MR) is 131 cm³/mol. The average Bonchev–Trinajstić information content (AvgIpc) is 2.82. The SMILES string of the molecule is CCO.CN(Cc1cnc2nc(N)nc(N)c2n1)c1ccc(C(=O)N[C@@H](CCC(=O)O)C(=O)O)cc1. The van der Waals surface area contributed by atoms with Gasteiger partial charge in [-0.05, 0) is 37.6 Å². The first kappa shape index (κ1) is 27.7. The van der Waals surface area contributed by atoms with E-state index < -0.39 is 23.9 Å². The van der Waals surface area contributed by atoms with E-state index in [0.29, 0.717) is 23.4 Å². The number of amides is 1. The topological polar surface area (TPSA) is 231 Å². The Kier molecular flexibility index (Phi) is 9.80. The Labute approximate surface area is 206 Å². The molecule has 3 aromatic rings. The first-order chi connectivity index (χ1) is 17.0. The summed E-state index contributed by atoms with van der Waals surface area (Å²) in [6.45, 7) is 2.30. The van der Waals surface area contributed by atoms with Crippen LogP contribution in [-0.4, -0.2) is 72.8 Å². The van der Waals surface area contributed by atoms with Crippen molar-refractivity contribution < 1.29 is 29.7 Å². The van der Waals surface area contributed by atoms with Gasteiger partial charge in [0.25, 0.3) is 5.91 Å². The minimum absolute atomic E-state index is 0.0138. The quantitative estimate of drug-likeness (QED) is 0.232. The number of nitrogens with two attached hydrogens (primary N) is 2. The van der Waals surface area contributed by atoms with Gasteiger partial charge in [0, 0.05) is 31.3 Å². The lowest BCUT2D eigenvalue weighted by Crippen LogP contribution is -2.41. The molecule has 0 saturated heterocycles. The number of anilines is 3. The maximum absolute atomic E-state index is 12.4. The summed E-state index contributed by atoms with van der Waals surface area (Å²) in [4.78, 5) is 52.7. The van der Waals surface area contributed by atoms with E-state index in [9.17, 15) is 19.5 Å². The zero-order valence-electron chi connectivity index (χ0n) is 19.7. The van der Waals surface area contributed by atoms with Gasteiger partial charge in [0.1, 0.15) is 6.04 Å². The van der Waals surface area contributed by atoms with Gasteiger partial charge in [0.15, 0.2) is 17.0 Å². The van der Waals surface area contributed by atoms with E-state index in [-0.39, 0.29) is 36.8 Å². The first-order valence-corrected chi connectivity index (χ1v) is 10.8. The Morgan fingerprint density at radius 1 is 1.08 bits per heavy atom. The molecule has 192 valence electrons. The van der Waals surface area contributed by atoms with Crippen molar-refractivity contribution in [2.45, 2.75) is 32.4 Å². The monoisotopic (exact) mass is 500 g/mol. The second-order valence-corrected chi connectivity index (χ2v) is 7.52. The number of fused-ring (bicyclic) bond motifs is 1.